The lowest BCUT2D eigenvalue weighted by molar-refractivity contribution is 0.324. The first-order valence-electron chi connectivity index (χ1n) is 7.59. The van der Waals surface area contributed by atoms with E-state index in [0.29, 0.717) is 0 Å². The van der Waals surface area contributed by atoms with Gasteiger partial charge in [0.15, 0.2) is 0 Å². The Morgan fingerprint density at radius 3 is 2.00 bits per heavy atom. The van der Waals surface area contributed by atoms with Gasteiger partial charge in [0.25, 0.3) is 0 Å². The van der Waals surface area contributed by atoms with Crippen LogP contribution >= 0.6 is 0 Å². The molecule has 1 saturated carbocycles. The molecule has 2 atom stereocenters. The predicted octanol–water partition coefficient (Wildman–Crippen LogP) is 5.06. The topological polar surface area (TPSA) is 0 Å². The van der Waals surface area contributed by atoms with E-state index in [4.69, 9.17) is 0 Å². The Morgan fingerprint density at radius 2 is 1.38 bits per heavy atom. The zero-order chi connectivity index (χ0) is 12.0. The van der Waals surface area contributed by atoms with Crippen LogP contribution in [0.1, 0.15) is 72.6 Å². The summed E-state index contributed by atoms with van der Waals surface area (Å²) >= 11 is 0. The first kappa shape index (κ1) is 14.1. The smallest absolute Gasteiger partial charge is 0.0710 e. The SMILES string of the molecule is CC(C)BC1CCCCC(C(C)C)CCC1. The van der Waals surface area contributed by atoms with E-state index < -0.39 is 0 Å². The molecule has 0 bridgehead atoms. The van der Waals surface area contributed by atoms with E-state index in [2.05, 4.69) is 27.7 Å². The van der Waals surface area contributed by atoms with E-state index in [1.54, 1.807) is 0 Å². The normalized spacial score (nSPS) is 28.6. The van der Waals surface area contributed by atoms with Crippen molar-refractivity contribution in [1.29, 1.82) is 0 Å². The highest BCUT2D eigenvalue weighted by atomic mass is 14.2. The van der Waals surface area contributed by atoms with Crippen molar-refractivity contribution < 1.29 is 0 Å². The highest BCUT2D eigenvalue weighted by molar-refractivity contribution is 6.39. The fourth-order valence-corrected chi connectivity index (χ4v) is 3.37. The summed E-state index contributed by atoms with van der Waals surface area (Å²) in [5.74, 6) is 3.84. The van der Waals surface area contributed by atoms with Gasteiger partial charge in [-0.25, -0.2) is 0 Å². The summed E-state index contributed by atoms with van der Waals surface area (Å²) in [5, 5.41) is 0. The maximum Gasteiger partial charge on any atom is 0.126 e. The quantitative estimate of drug-likeness (QED) is 0.586. The van der Waals surface area contributed by atoms with Crippen LogP contribution in [0.15, 0.2) is 0 Å². The first-order chi connectivity index (χ1) is 7.59. The average Bonchev–Trinajstić information content (AvgIpc) is 2.29. The lowest BCUT2D eigenvalue weighted by atomic mass is 9.53. The molecule has 0 radical (unpaired) electrons. The lowest BCUT2D eigenvalue weighted by Crippen LogP contribution is -2.09. The van der Waals surface area contributed by atoms with Crippen molar-refractivity contribution in [3.8, 4) is 0 Å². The average molecular weight is 222 g/mol. The van der Waals surface area contributed by atoms with E-state index in [1.807, 2.05) is 0 Å². The Morgan fingerprint density at radius 1 is 0.812 bits per heavy atom. The summed E-state index contributed by atoms with van der Waals surface area (Å²) in [6.07, 6.45) is 10.4. The van der Waals surface area contributed by atoms with Crippen LogP contribution in [-0.4, -0.2) is 7.28 Å². The molecule has 0 saturated heterocycles. The molecule has 1 aliphatic carbocycles. The van der Waals surface area contributed by atoms with Crippen molar-refractivity contribution in [2.75, 3.05) is 0 Å². The van der Waals surface area contributed by atoms with E-state index in [0.717, 1.165) is 23.5 Å². The standard InChI is InChI=1S/C15H31B/c1-12(2)14-8-5-6-10-15(11-7-9-14)16-13(3)4/h12-16H,5-11H2,1-4H3. The van der Waals surface area contributed by atoms with Gasteiger partial charge < -0.3 is 0 Å². The summed E-state index contributed by atoms with van der Waals surface area (Å²) in [6.45, 7) is 9.58. The molecule has 0 spiro atoms. The molecule has 0 aliphatic heterocycles. The molecule has 0 amide bonds. The molecule has 2 unspecified atom stereocenters. The van der Waals surface area contributed by atoms with Crippen molar-refractivity contribution in [1.82, 2.24) is 0 Å². The molecule has 1 rings (SSSR count). The molecule has 1 aliphatic rings. The number of hydrogen-bond donors (Lipinski definition) is 0. The van der Waals surface area contributed by atoms with Crippen molar-refractivity contribution in [3.63, 3.8) is 0 Å². The highest BCUT2D eigenvalue weighted by Gasteiger charge is 2.18. The Hall–Kier alpha value is 0.0649. The number of hydrogen-bond acceptors (Lipinski definition) is 0. The van der Waals surface area contributed by atoms with Gasteiger partial charge in [-0.05, 0) is 11.8 Å². The minimum Gasteiger partial charge on any atom is -0.0710 e. The molecule has 94 valence electrons. The first-order valence-corrected chi connectivity index (χ1v) is 7.59. The van der Waals surface area contributed by atoms with Crippen LogP contribution in [0, 0.1) is 11.8 Å². The van der Waals surface area contributed by atoms with Gasteiger partial charge >= 0.3 is 0 Å². The molecule has 1 heteroatoms. The second-order valence-corrected chi connectivity index (χ2v) is 6.72. The fourth-order valence-electron chi connectivity index (χ4n) is 3.37. The number of rotatable bonds is 3. The molecule has 0 heterocycles. The van der Waals surface area contributed by atoms with E-state index in [1.165, 1.54) is 52.2 Å². The maximum absolute atomic E-state index is 2.41. The van der Waals surface area contributed by atoms with Gasteiger partial charge in [0.05, 0.1) is 0 Å². The van der Waals surface area contributed by atoms with Crippen molar-refractivity contribution in [2.24, 2.45) is 11.8 Å². The van der Waals surface area contributed by atoms with Crippen LogP contribution in [0.5, 0.6) is 0 Å². The highest BCUT2D eigenvalue weighted by Crippen LogP contribution is 2.32. The van der Waals surface area contributed by atoms with Gasteiger partial charge in [-0.2, -0.15) is 0 Å². The second-order valence-electron chi connectivity index (χ2n) is 6.72. The van der Waals surface area contributed by atoms with E-state index in [9.17, 15) is 0 Å². The Kier molecular flexibility index (Phi) is 6.54. The Bertz CT molecular complexity index is 174. The zero-order valence-electron chi connectivity index (χ0n) is 12.0. The maximum atomic E-state index is 2.41. The Labute approximate surface area is 104 Å². The third kappa shape index (κ3) is 5.41. The van der Waals surface area contributed by atoms with E-state index >= 15 is 0 Å². The van der Waals surface area contributed by atoms with Crippen LogP contribution in [-0.2, 0) is 0 Å². The largest absolute Gasteiger partial charge is 0.126 e. The minimum atomic E-state index is 0.895. The fraction of sp³-hybridized carbons (Fsp3) is 1.00. The lowest BCUT2D eigenvalue weighted by Gasteiger charge is -2.20. The summed E-state index contributed by atoms with van der Waals surface area (Å²) in [6, 6.07) is 0. The van der Waals surface area contributed by atoms with Gasteiger partial charge in [0.2, 0.25) is 0 Å². The molecule has 0 nitrogen and oxygen atoms in total. The van der Waals surface area contributed by atoms with E-state index in [-0.39, 0.29) is 0 Å². The Balaban J connectivity index is 2.36. The van der Waals surface area contributed by atoms with Gasteiger partial charge in [0.1, 0.15) is 7.28 Å². The van der Waals surface area contributed by atoms with Gasteiger partial charge in [0, 0.05) is 0 Å². The molecule has 0 aromatic rings. The van der Waals surface area contributed by atoms with Gasteiger partial charge in [-0.3, -0.25) is 0 Å². The summed E-state index contributed by atoms with van der Waals surface area (Å²) in [5.41, 5.74) is 0. The zero-order valence-corrected chi connectivity index (χ0v) is 12.0. The third-order valence-corrected chi connectivity index (χ3v) is 4.37. The monoisotopic (exact) mass is 222 g/mol. The van der Waals surface area contributed by atoms with Crippen LogP contribution in [0.4, 0.5) is 0 Å². The van der Waals surface area contributed by atoms with Gasteiger partial charge in [-0.1, -0.05) is 84.3 Å². The summed E-state index contributed by atoms with van der Waals surface area (Å²) < 4.78 is 0. The van der Waals surface area contributed by atoms with Gasteiger partial charge in [-0.15, -0.1) is 0 Å². The molecule has 16 heavy (non-hydrogen) atoms. The van der Waals surface area contributed by atoms with Crippen molar-refractivity contribution in [2.45, 2.75) is 84.3 Å². The molecular formula is C15H31B. The molecule has 0 aromatic carbocycles. The molecular weight excluding hydrogens is 191 g/mol. The van der Waals surface area contributed by atoms with Crippen LogP contribution < -0.4 is 0 Å². The second kappa shape index (κ2) is 7.40. The molecule has 0 aromatic heterocycles. The molecule has 1 fully saturated rings. The van der Waals surface area contributed by atoms with Crippen molar-refractivity contribution >= 4 is 7.28 Å². The molecule has 0 N–H and O–H groups in total. The predicted molar refractivity (Wildman–Crippen MR) is 76.6 cm³/mol. The van der Waals surface area contributed by atoms with Crippen LogP contribution in [0.2, 0.25) is 11.6 Å². The third-order valence-electron chi connectivity index (χ3n) is 4.37. The van der Waals surface area contributed by atoms with Crippen LogP contribution in [0.3, 0.4) is 0 Å². The summed E-state index contributed by atoms with van der Waals surface area (Å²) in [7, 11) is 1.46. The van der Waals surface area contributed by atoms with Crippen molar-refractivity contribution in [3.05, 3.63) is 0 Å². The van der Waals surface area contributed by atoms with Crippen LogP contribution in [0.25, 0.3) is 0 Å². The minimum absolute atomic E-state index is 0.895. The summed E-state index contributed by atoms with van der Waals surface area (Å²) in [4.78, 5) is 0.